The molecule has 0 saturated carbocycles. The molecule has 0 spiro atoms. The lowest BCUT2D eigenvalue weighted by Gasteiger charge is -2.25. The third kappa shape index (κ3) is 10.9. The quantitative estimate of drug-likeness (QED) is 0.122. The Labute approximate surface area is 212 Å². The van der Waals surface area contributed by atoms with Crippen molar-refractivity contribution in [2.24, 2.45) is 11.5 Å². The van der Waals surface area contributed by atoms with Crippen LogP contribution in [0.15, 0.2) is 24.3 Å². The van der Waals surface area contributed by atoms with E-state index >= 15 is 0 Å². The maximum atomic E-state index is 13.1. The molecule has 0 saturated heterocycles. The summed E-state index contributed by atoms with van der Waals surface area (Å²) in [4.78, 5) is 60.7. The smallest absolute Gasteiger partial charge is 0.327 e. The number of nitrogens with two attached hydrogens (primary N) is 2. The van der Waals surface area contributed by atoms with E-state index in [1.54, 1.807) is 18.4 Å². The van der Waals surface area contributed by atoms with E-state index in [1.807, 2.05) is 0 Å². The van der Waals surface area contributed by atoms with Gasteiger partial charge in [0.15, 0.2) is 0 Å². The van der Waals surface area contributed by atoms with Gasteiger partial charge in [0, 0.05) is 12.2 Å². The highest BCUT2D eigenvalue weighted by Crippen LogP contribution is 2.12. The van der Waals surface area contributed by atoms with Gasteiger partial charge in [-0.25, -0.2) is 4.79 Å². The van der Waals surface area contributed by atoms with Crippen LogP contribution in [-0.4, -0.2) is 81.7 Å². The largest absolute Gasteiger partial charge is 0.508 e. The normalized spacial score (nSPS) is 14.1. The Morgan fingerprint density at radius 1 is 0.971 bits per heavy atom. The van der Waals surface area contributed by atoms with Crippen LogP contribution in [0, 0.1) is 0 Å². The molecule has 14 heteroatoms. The number of primary amides is 1. The van der Waals surface area contributed by atoms with Crippen LogP contribution in [0.5, 0.6) is 5.75 Å². The van der Waals surface area contributed by atoms with Crippen molar-refractivity contribution >= 4 is 54.0 Å². The van der Waals surface area contributed by atoms with E-state index in [4.69, 9.17) is 11.5 Å². The molecule has 9 N–H and O–H groups in total. The minimum atomic E-state index is -1.29. The first-order valence-electron chi connectivity index (χ1n) is 10.5. The second kappa shape index (κ2) is 15.1. The highest BCUT2D eigenvalue weighted by Gasteiger charge is 2.30. The van der Waals surface area contributed by atoms with E-state index in [9.17, 15) is 34.2 Å². The first-order valence-corrected chi connectivity index (χ1v) is 12.6. The van der Waals surface area contributed by atoms with Crippen molar-refractivity contribution in [2.45, 2.75) is 43.4 Å². The second-order valence-corrected chi connectivity index (χ2v) is 8.98. The molecular formula is C21H31N5O7S2. The van der Waals surface area contributed by atoms with Crippen LogP contribution in [0.4, 0.5) is 0 Å². The Morgan fingerprint density at radius 3 is 2.03 bits per heavy atom. The van der Waals surface area contributed by atoms with E-state index in [0.29, 0.717) is 11.3 Å². The topological polar surface area (TPSA) is 214 Å². The summed E-state index contributed by atoms with van der Waals surface area (Å²) in [5.41, 5.74) is 11.3. The van der Waals surface area contributed by atoms with Crippen molar-refractivity contribution in [1.82, 2.24) is 16.0 Å². The molecule has 0 aliphatic carbocycles. The molecule has 4 amide bonds. The van der Waals surface area contributed by atoms with E-state index in [0.717, 1.165) is 0 Å². The summed E-state index contributed by atoms with van der Waals surface area (Å²) in [6.07, 6.45) is 1.57. The van der Waals surface area contributed by atoms with Gasteiger partial charge in [-0.3, -0.25) is 19.2 Å². The van der Waals surface area contributed by atoms with Crippen LogP contribution in [0.1, 0.15) is 18.4 Å². The standard InChI is InChI=1S/C21H31N5O7S2/c1-35-7-6-14(24-18(29)13(22)9-17(23)28)19(30)25-15(8-11-2-4-12(27)5-3-11)20(31)26-16(10-34)21(32)33/h2-5,13-16,27,34H,6-10,22H2,1H3,(H2,23,28)(H,24,29)(H,25,30)(H,26,31)(H,32,33). The molecule has 12 nitrogen and oxygen atoms in total. The summed E-state index contributed by atoms with van der Waals surface area (Å²) < 4.78 is 0. The minimum absolute atomic E-state index is 0.00643. The lowest BCUT2D eigenvalue weighted by atomic mass is 10.0. The number of amides is 4. The van der Waals surface area contributed by atoms with Gasteiger partial charge in [-0.05, 0) is 36.1 Å². The summed E-state index contributed by atoms with van der Waals surface area (Å²) in [6.45, 7) is 0. The molecule has 4 atom stereocenters. The zero-order chi connectivity index (χ0) is 26.5. The average molecular weight is 530 g/mol. The van der Waals surface area contributed by atoms with Crippen LogP contribution in [0.2, 0.25) is 0 Å². The highest BCUT2D eigenvalue weighted by molar-refractivity contribution is 7.98. The number of aliphatic carboxylic acids is 1. The molecular weight excluding hydrogens is 498 g/mol. The molecule has 4 unspecified atom stereocenters. The number of thiol groups is 1. The SMILES string of the molecule is CSCCC(NC(=O)C(N)CC(N)=O)C(=O)NC(Cc1ccc(O)cc1)C(=O)NC(CS)C(=O)O. The van der Waals surface area contributed by atoms with Gasteiger partial charge < -0.3 is 37.6 Å². The number of carbonyl (C=O) groups is 5. The number of hydrogen-bond acceptors (Lipinski definition) is 9. The van der Waals surface area contributed by atoms with E-state index in [-0.39, 0.29) is 24.3 Å². The maximum absolute atomic E-state index is 13.1. The van der Waals surface area contributed by atoms with Crippen LogP contribution in [-0.2, 0) is 30.4 Å². The van der Waals surface area contributed by atoms with Gasteiger partial charge in [0.05, 0.1) is 12.5 Å². The maximum Gasteiger partial charge on any atom is 0.327 e. The van der Waals surface area contributed by atoms with Crippen molar-refractivity contribution in [1.29, 1.82) is 0 Å². The molecule has 1 aromatic carbocycles. The Bertz CT molecular complexity index is 901. The predicted molar refractivity (Wildman–Crippen MR) is 134 cm³/mol. The molecule has 0 bridgehead atoms. The molecule has 0 heterocycles. The monoisotopic (exact) mass is 529 g/mol. The first-order chi connectivity index (χ1) is 16.5. The summed E-state index contributed by atoms with van der Waals surface area (Å²) in [5.74, 6) is -3.98. The molecule has 0 aromatic heterocycles. The van der Waals surface area contributed by atoms with Gasteiger partial charge in [-0.15, -0.1) is 0 Å². The van der Waals surface area contributed by atoms with Crippen LogP contribution in [0.3, 0.4) is 0 Å². The van der Waals surface area contributed by atoms with E-state index < -0.39 is 60.2 Å². The number of thioether (sulfide) groups is 1. The lowest BCUT2D eigenvalue weighted by Crippen LogP contribution is -2.58. The van der Waals surface area contributed by atoms with Gasteiger partial charge in [0.25, 0.3) is 0 Å². The lowest BCUT2D eigenvalue weighted by molar-refractivity contribution is -0.141. The summed E-state index contributed by atoms with van der Waals surface area (Å²) in [5, 5.41) is 26.1. The number of aromatic hydroxyl groups is 1. The second-order valence-electron chi connectivity index (χ2n) is 7.63. The zero-order valence-electron chi connectivity index (χ0n) is 19.1. The number of phenols is 1. The number of benzene rings is 1. The van der Waals surface area contributed by atoms with Gasteiger partial charge in [0.1, 0.15) is 23.9 Å². The Balaban J connectivity index is 3.09. The molecule has 0 fully saturated rings. The molecule has 0 aliphatic rings. The van der Waals surface area contributed by atoms with Crippen LogP contribution < -0.4 is 27.4 Å². The van der Waals surface area contributed by atoms with Crippen molar-refractivity contribution < 1.29 is 34.2 Å². The van der Waals surface area contributed by atoms with Gasteiger partial charge in [-0.2, -0.15) is 24.4 Å². The number of hydrogen-bond donors (Lipinski definition) is 8. The summed E-state index contributed by atoms with van der Waals surface area (Å²) in [7, 11) is 0. The van der Waals surface area contributed by atoms with E-state index in [1.165, 1.54) is 23.9 Å². The number of carboxylic acids is 1. The van der Waals surface area contributed by atoms with E-state index in [2.05, 4.69) is 28.6 Å². The first kappa shape index (κ1) is 30.1. The van der Waals surface area contributed by atoms with Gasteiger partial charge >= 0.3 is 5.97 Å². The third-order valence-corrected chi connectivity index (χ3v) is 5.82. The molecule has 1 rings (SSSR count). The zero-order valence-corrected chi connectivity index (χ0v) is 20.8. The number of rotatable bonds is 15. The number of carboxylic acid groups (broad SMARTS) is 1. The molecule has 35 heavy (non-hydrogen) atoms. The number of nitrogens with one attached hydrogen (secondary N) is 3. The van der Waals surface area contributed by atoms with Crippen molar-refractivity contribution in [3.63, 3.8) is 0 Å². The third-order valence-electron chi connectivity index (χ3n) is 4.81. The minimum Gasteiger partial charge on any atom is -0.508 e. The van der Waals surface area contributed by atoms with Crippen molar-refractivity contribution in [2.75, 3.05) is 17.8 Å². The van der Waals surface area contributed by atoms with Crippen molar-refractivity contribution in [3.05, 3.63) is 29.8 Å². The van der Waals surface area contributed by atoms with Crippen molar-refractivity contribution in [3.8, 4) is 5.75 Å². The summed E-state index contributed by atoms with van der Waals surface area (Å²) >= 11 is 5.35. The summed E-state index contributed by atoms with van der Waals surface area (Å²) in [6, 6.07) is 1.08. The molecule has 1 aromatic rings. The number of phenolic OH excluding ortho intramolecular Hbond substituents is 1. The fourth-order valence-electron chi connectivity index (χ4n) is 2.90. The average Bonchev–Trinajstić information content (AvgIpc) is 2.79. The fraction of sp³-hybridized carbons (Fsp3) is 0.476. The highest BCUT2D eigenvalue weighted by atomic mass is 32.2. The number of carbonyl (C=O) groups excluding carboxylic acids is 4. The van der Waals surface area contributed by atoms with Gasteiger partial charge in [-0.1, -0.05) is 12.1 Å². The van der Waals surface area contributed by atoms with Gasteiger partial charge in [0.2, 0.25) is 23.6 Å². The predicted octanol–water partition coefficient (Wildman–Crippen LogP) is -1.64. The Hall–Kier alpha value is -2.97. The van der Waals surface area contributed by atoms with Crippen LogP contribution in [0.25, 0.3) is 0 Å². The molecule has 0 radical (unpaired) electrons. The molecule has 0 aliphatic heterocycles. The Kier molecular flexibility index (Phi) is 13.0. The Morgan fingerprint density at radius 2 is 1.51 bits per heavy atom. The van der Waals surface area contributed by atoms with Crippen LogP contribution >= 0.6 is 24.4 Å². The molecule has 194 valence electrons. The fourth-order valence-corrected chi connectivity index (χ4v) is 3.62.